The molecule has 0 unspecified atom stereocenters. The highest BCUT2D eigenvalue weighted by atomic mass is 32.2. The fourth-order valence-corrected chi connectivity index (χ4v) is 2.59. The monoisotopic (exact) mass is 323 g/mol. The predicted molar refractivity (Wildman–Crippen MR) is 82.3 cm³/mol. The fourth-order valence-electron chi connectivity index (χ4n) is 1.75. The van der Waals surface area contributed by atoms with Crippen molar-refractivity contribution in [1.29, 1.82) is 0 Å². The van der Waals surface area contributed by atoms with E-state index in [2.05, 4.69) is 10.3 Å². The van der Waals surface area contributed by atoms with Crippen LogP contribution in [0.5, 0.6) is 0 Å². The van der Waals surface area contributed by atoms with Crippen molar-refractivity contribution in [3.63, 3.8) is 0 Å². The first-order valence-electron chi connectivity index (χ1n) is 6.50. The maximum Gasteiger partial charge on any atom is 0.287 e. The molecule has 116 valence electrons. The standard InChI is InChI=1S/C14H14FN3O3S/c15-12-4-2-1-3-10(12)9-22-6-5-16-14(19)13-7-11(8-17-13)18(20)21/h1-4,7-8,17H,5-6,9H2,(H,16,19). The zero-order chi connectivity index (χ0) is 15.9. The Morgan fingerprint density at radius 3 is 2.86 bits per heavy atom. The maximum atomic E-state index is 13.4. The molecule has 0 aliphatic heterocycles. The number of nitrogens with one attached hydrogen (secondary N) is 2. The number of aromatic nitrogens is 1. The third kappa shape index (κ3) is 4.32. The molecule has 1 heterocycles. The van der Waals surface area contributed by atoms with Gasteiger partial charge in [-0.15, -0.1) is 0 Å². The van der Waals surface area contributed by atoms with Crippen LogP contribution >= 0.6 is 11.8 Å². The molecule has 1 amide bonds. The van der Waals surface area contributed by atoms with Crippen molar-refractivity contribution >= 4 is 23.4 Å². The summed E-state index contributed by atoms with van der Waals surface area (Å²) in [5.41, 5.74) is 0.615. The number of carbonyl (C=O) groups is 1. The molecule has 0 aliphatic carbocycles. The lowest BCUT2D eigenvalue weighted by Gasteiger charge is -2.05. The summed E-state index contributed by atoms with van der Waals surface area (Å²) < 4.78 is 13.4. The lowest BCUT2D eigenvalue weighted by molar-refractivity contribution is -0.384. The smallest absolute Gasteiger partial charge is 0.287 e. The average molecular weight is 323 g/mol. The van der Waals surface area contributed by atoms with Crippen molar-refractivity contribution in [2.24, 2.45) is 0 Å². The van der Waals surface area contributed by atoms with E-state index in [0.717, 1.165) is 0 Å². The van der Waals surface area contributed by atoms with Gasteiger partial charge in [-0.05, 0) is 11.6 Å². The van der Waals surface area contributed by atoms with Gasteiger partial charge in [0.1, 0.15) is 11.5 Å². The number of H-pyrrole nitrogens is 1. The second-order valence-corrected chi connectivity index (χ2v) is 5.53. The van der Waals surface area contributed by atoms with Crippen molar-refractivity contribution in [1.82, 2.24) is 10.3 Å². The topological polar surface area (TPSA) is 88.0 Å². The van der Waals surface area contributed by atoms with Gasteiger partial charge < -0.3 is 10.3 Å². The first kappa shape index (κ1) is 16.0. The number of carbonyl (C=O) groups excluding carboxylic acids is 1. The molecule has 0 spiro atoms. The first-order chi connectivity index (χ1) is 10.6. The highest BCUT2D eigenvalue weighted by Gasteiger charge is 2.13. The summed E-state index contributed by atoms with van der Waals surface area (Å²) in [6, 6.07) is 7.73. The Morgan fingerprint density at radius 1 is 1.41 bits per heavy atom. The Labute approximate surface area is 130 Å². The number of amides is 1. The highest BCUT2D eigenvalue weighted by Crippen LogP contribution is 2.15. The van der Waals surface area contributed by atoms with Crippen LogP contribution in [0.15, 0.2) is 36.5 Å². The normalized spacial score (nSPS) is 10.4. The molecule has 0 saturated carbocycles. The van der Waals surface area contributed by atoms with Gasteiger partial charge in [-0.3, -0.25) is 14.9 Å². The zero-order valence-corrected chi connectivity index (χ0v) is 12.4. The molecular formula is C14H14FN3O3S. The largest absolute Gasteiger partial charge is 0.351 e. The molecule has 0 atom stereocenters. The predicted octanol–water partition coefficient (Wildman–Crippen LogP) is 2.73. The number of benzene rings is 1. The van der Waals surface area contributed by atoms with Crippen LogP contribution in [0.1, 0.15) is 16.1 Å². The van der Waals surface area contributed by atoms with Crippen molar-refractivity contribution in [3.05, 3.63) is 63.7 Å². The Balaban J connectivity index is 1.71. The van der Waals surface area contributed by atoms with Crippen LogP contribution in [-0.4, -0.2) is 28.1 Å². The molecule has 2 N–H and O–H groups in total. The number of thioether (sulfide) groups is 1. The van der Waals surface area contributed by atoms with E-state index >= 15 is 0 Å². The number of nitrogens with zero attached hydrogens (tertiary/aromatic N) is 1. The van der Waals surface area contributed by atoms with Crippen molar-refractivity contribution in [2.75, 3.05) is 12.3 Å². The maximum absolute atomic E-state index is 13.4. The van der Waals surface area contributed by atoms with Crippen molar-refractivity contribution < 1.29 is 14.1 Å². The second-order valence-electron chi connectivity index (χ2n) is 4.43. The minimum Gasteiger partial charge on any atom is -0.351 e. The lowest BCUT2D eigenvalue weighted by atomic mass is 10.2. The van der Waals surface area contributed by atoms with Crippen LogP contribution in [0.2, 0.25) is 0 Å². The molecule has 8 heteroatoms. The third-order valence-electron chi connectivity index (χ3n) is 2.87. The number of rotatable bonds is 7. The van der Waals surface area contributed by atoms with Crippen molar-refractivity contribution in [2.45, 2.75) is 5.75 Å². The fraction of sp³-hybridized carbons (Fsp3) is 0.214. The number of hydrogen-bond acceptors (Lipinski definition) is 4. The van der Waals surface area contributed by atoms with Gasteiger partial charge in [0.25, 0.3) is 11.6 Å². The van der Waals surface area contributed by atoms with Crippen LogP contribution in [-0.2, 0) is 5.75 Å². The van der Waals surface area contributed by atoms with E-state index in [1.165, 1.54) is 30.1 Å². The molecule has 2 aromatic rings. The van der Waals surface area contributed by atoms with E-state index in [-0.39, 0.29) is 17.2 Å². The van der Waals surface area contributed by atoms with Crippen LogP contribution in [0.3, 0.4) is 0 Å². The van der Waals surface area contributed by atoms with E-state index in [1.54, 1.807) is 18.2 Å². The van der Waals surface area contributed by atoms with Crippen LogP contribution in [0.25, 0.3) is 0 Å². The summed E-state index contributed by atoms with van der Waals surface area (Å²) >= 11 is 1.49. The number of halogens is 1. The molecule has 1 aromatic heterocycles. The number of nitro groups is 1. The van der Waals surface area contributed by atoms with E-state index in [4.69, 9.17) is 0 Å². The molecule has 0 radical (unpaired) electrons. The van der Waals surface area contributed by atoms with Crippen molar-refractivity contribution in [3.8, 4) is 0 Å². The lowest BCUT2D eigenvalue weighted by Crippen LogP contribution is -2.26. The number of aromatic amines is 1. The highest BCUT2D eigenvalue weighted by molar-refractivity contribution is 7.98. The first-order valence-corrected chi connectivity index (χ1v) is 7.65. The third-order valence-corrected chi connectivity index (χ3v) is 3.88. The van der Waals surface area contributed by atoms with Gasteiger partial charge in [0.15, 0.2) is 0 Å². The summed E-state index contributed by atoms with van der Waals surface area (Å²) in [6.07, 6.45) is 1.17. The minimum absolute atomic E-state index is 0.144. The van der Waals surface area contributed by atoms with Gasteiger partial charge in [-0.2, -0.15) is 11.8 Å². The SMILES string of the molecule is O=C(NCCSCc1ccccc1F)c1cc([N+](=O)[O-])c[nH]1. The summed E-state index contributed by atoms with van der Waals surface area (Å²) in [7, 11) is 0. The Kier molecular flexibility index (Phi) is 5.54. The number of hydrogen-bond donors (Lipinski definition) is 2. The summed E-state index contributed by atoms with van der Waals surface area (Å²) in [5, 5.41) is 13.2. The molecule has 1 aromatic carbocycles. The molecule has 22 heavy (non-hydrogen) atoms. The van der Waals surface area contributed by atoms with Crippen LogP contribution in [0, 0.1) is 15.9 Å². The minimum atomic E-state index is -0.572. The quantitative estimate of drug-likeness (QED) is 0.466. The van der Waals surface area contributed by atoms with Gasteiger partial charge in [0, 0.05) is 24.1 Å². The summed E-state index contributed by atoms with van der Waals surface area (Å²) in [4.78, 5) is 24.2. The molecule has 6 nitrogen and oxygen atoms in total. The van der Waals surface area contributed by atoms with E-state index < -0.39 is 10.8 Å². The molecular weight excluding hydrogens is 309 g/mol. The Bertz CT molecular complexity index is 675. The molecule has 0 aliphatic rings. The Morgan fingerprint density at radius 2 is 2.18 bits per heavy atom. The van der Waals surface area contributed by atoms with Gasteiger partial charge in [-0.1, -0.05) is 18.2 Å². The van der Waals surface area contributed by atoms with Crippen LogP contribution < -0.4 is 5.32 Å². The van der Waals surface area contributed by atoms with Gasteiger partial charge in [0.2, 0.25) is 0 Å². The van der Waals surface area contributed by atoms with E-state index in [0.29, 0.717) is 23.6 Å². The van der Waals surface area contributed by atoms with Gasteiger partial charge >= 0.3 is 0 Å². The summed E-state index contributed by atoms with van der Waals surface area (Å²) in [6.45, 7) is 0.394. The van der Waals surface area contributed by atoms with E-state index in [9.17, 15) is 19.3 Å². The van der Waals surface area contributed by atoms with Gasteiger partial charge in [-0.25, -0.2) is 4.39 Å². The average Bonchev–Trinajstić information content (AvgIpc) is 2.98. The second kappa shape index (κ2) is 7.60. The molecule has 0 fully saturated rings. The van der Waals surface area contributed by atoms with Crippen LogP contribution in [0.4, 0.5) is 10.1 Å². The van der Waals surface area contributed by atoms with E-state index in [1.807, 2.05) is 0 Å². The molecule has 0 saturated heterocycles. The Hall–Kier alpha value is -2.35. The summed E-state index contributed by atoms with van der Waals surface area (Å²) in [5.74, 6) is 0.497. The molecule has 2 rings (SSSR count). The zero-order valence-electron chi connectivity index (χ0n) is 11.5. The van der Waals surface area contributed by atoms with Gasteiger partial charge in [0.05, 0.1) is 11.1 Å². The molecule has 0 bridgehead atoms.